The number of carbonyl (C=O) groups excluding carboxylic acids is 2. The van der Waals surface area contributed by atoms with Crippen LogP contribution in [0.1, 0.15) is 27.2 Å². The minimum Gasteiger partial charge on any atom is -0.449 e. The molecular formula is C11H18ClNO4. The summed E-state index contributed by atoms with van der Waals surface area (Å²) in [5.41, 5.74) is -0.522. The molecule has 5 nitrogen and oxygen atoms in total. The van der Waals surface area contributed by atoms with Crippen LogP contribution < -0.4 is 0 Å². The first-order chi connectivity index (χ1) is 7.83. The molecule has 1 aliphatic rings. The van der Waals surface area contributed by atoms with E-state index in [1.165, 1.54) is 4.90 Å². The van der Waals surface area contributed by atoms with E-state index in [1.54, 1.807) is 20.8 Å². The first kappa shape index (κ1) is 14.1. The maximum absolute atomic E-state index is 11.7. The average Bonchev–Trinajstić information content (AvgIpc) is 2.63. The summed E-state index contributed by atoms with van der Waals surface area (Å²) in [7, 11) is 0. The molecule has 0 spiro atoms. The molecule has 0 bridgehead atoms. The Hall–Kier alpha value is -0.970. The number of nitrogens with zero attached hydrogens (tertiary/aromatic N) is 1. The van der Waals surface area contributed by atoms with Crippen LogP contribution in [0.3, 0.4) is 0 Å². The Balaban J connectivity index is 2.45. The summed E-state index contributed by atoms with van der Waals surface area (Å²) in [6.07, 6.45) is 0.202. The molecular weight excluding hydrogens is 246 g/mol. The molecule has 0 N–H and O–H groups in total. The van der Waals surface area contributed by atoms with Crippen molar-refractivity contribution in [2.24, 2.45) is 5.92 Å². The van der Waals surface area contributed by atoms with Gasteiger partial charge in [0, 0.05) is 13.1 Å². The number of hydrogen-bond acceptors (Lipinski definition) is 4. The molecule has 1 heterocycles. The minimum absolute atomic E-state index is 0.151. The molecule has 0 aromatic heterocycles. The lowest BCUT2D eigenvalue weighted by Gasteiger charge is -2.24. The standard InChI is InChI=1S/C11H18ClNO4/c1-11(2,3)17-10(15)13-5-4-8(6-13)9(14)16-7-12/h8H,4-7H2,1-3H3. The first-order valence-electron chi connectivity index (χ1n) is 5.54. The quantitative estimate of drug-likeness (QED) is 0.565. The van der Waals surface area contributed by atoms with Crippen molar-refractivity contribution in [3.63, 3.8) is 0 Å². The second kappa shape index (κ2) is 5.58. The second-order valence-electron chi connectivity index (χ2n) is 4.98. The molecule has 0 aliphatic carbocycles. The van der Waals surface area contributed by atoms with Gasteiger partial charge in [-0.25, -0.2) is 4.79 Å². The van der Waals surface area contributed by atoms with E-state index in [4.69, 9.17) is 21.1 Å². The van der Waals surface area contributed by atoms with Crippen molar-refractivity contribution >= 4 is 23.7 Å². The highest BCUT2D eigenvalue weighted by atomic mass is 35.5. The van der Waals surface area contributed by atoms with E-state index in [0.717, 1.165) is 0 Å². The number of alkyl halides is 1. The summed E-state index contributed by atoms with van der Waals surface area (Å²) in [6, 6.07) is -0.151. The van der Waals surface area contributed by atoms with Gasteiger partial charge in [-0.15, -0.1) is 0 Å². The van der Waals surface area contributed by atoms with Gasteiger partial charge in [-0.1, -0.05) is 11.6 Å². The van der Waals surface area contributed by atoms with Gasteiger partial charge in [0.05, 0.1) is 5.92 Å². The lowest BCUT2D eigenvalue weighted by molar-refractivity contribution is -0.145. The summed E-state index contributed by atoms with van der Waals surface area (Å²) in [6.45, 7) is 6.27. The van der Waals surface area contributed by atoms with Crippen molar-refractivity contribution in [1.82, 2.24) is 4.90 Å². The zero-order chi connectivity index (χ0) is 13.1. The van der Waals surface area contributed by atoms with Gasteiger partial charge in [0.25, 0.3) is 0 Å². The Morgan fingerprint density at radius 1 is 1.41 bits per heavy atom. The van der Waals surface area contributed by atoms with Crippen LogP contribution in [0, 0.1) is 5.92 Å². The van der Waals surface area contributed by atoms with Gasteiger partial charge in [0.1, 0.15) is 5.60 Å². The molecule has 98 valence electrons. The van der Waals surface area contributed by atoms with Gasteiger partial charge in [0.2, 0.25) is 0 Å². The largest absolute Gasteiger partial charge is 0.449 e. The summed E-state index contributed by atoms with van der Waals surface area (Å²) >= 11 is 5.31. The van der Waals surface area contributed by atoms with Crippen LogP contribution in [-0.2, 0) is 14.3 Å². The van der Waals surface area contributed by atoms with E-state index in [2.05, 4.69) is 0 Å². The highest BCUT2D eigenvalue weighted by Gasteiger charge is 2.34. The Morgan fingerprint density at radius 2 is 2.06 bits per heavy atom. The van der Waals surface area contributed by atoms with E-state index in [0.29, 0.717) is 19.5 Å². The molecule has 17 heavy (non-hydrogen) atoms. The molecule has 6 heteroatoms. The van der Waals surface area contributed by atoms with Gasteiger partial charge in [-0.05, 0) is 27.2 Å². The first-order valence-corrected chi connectivity index (χ1v) is 6.07. The third-order valence-corrected chi connectivity index (χ3v) is 2.48. The van der Waals surface area contributed by atoms with Gasteiger partial charge >= 0.3 is 12.1 Å². The maximum Gasteiger partial charge on any atom is 0.410 e. The summed E-state index contributed by atoms with van der Waals surface area (Å²) in [4.78, 5) is 24.6. The van der Waals surface area contributed by atoms with E-state index < -0.39 is 11.7 Å². The highest BCUT2D eigenvalue weighted by molar-refractivity contribution is 6.17. The fraction of sp³-hybridized carbons (Fsp3) is 0.818. The number of likely N-dealkylation sites (tertiary alicyclic amines) is 1. The number of carbonyl (C=O) groups is 2. The van der Waals surface area contributed by atoms with Crippen molar-refractivity contribution in [2.45, 2.75) is 32.8 Å². The molecule has 1 aliphatic heterocycles. The third-order valence-electron chi connectivity index (χ3n) is 2.37. The van der Waals surface area contributed by atoms with Gasteiger partial charge in [-0.3, -0.25) is 4.79 Å². The normalized spacial score (nSPS) is 20.2. The van der Waals surface area contributed by atoms with E-state index in [-0.39, 0.29) is 18.0 Å². The minimum atomic E-state index is -0.522. The number of esters is 1. The number of ether oxygens (including phenoxy) is 2. The fourth-order valence-corrected chi connectivity index (χ4v) is 1.72. The molecule has 1 rings (SSSR count). The van der Waals surface area contributed by atoms with Crippen molar-refractivity contribution in [2.75, 3.05) is 19.2 Å². The van der Waals surface area contributed by atoms with E-state index >= 15 is 0 Å². The molecule has 0 saturated carbocycles. The predicted octanol–water partition coefficient (Wildman–Crippen LogP) is 1.98. The number of rotatable bonds is 2. The van der Waals surface area contributed by atoms with Gasteiger partial charge in [-0.2, -0.15) is 0 Å². The summed E-state index contributed by atoms with van der Waals surface area (Å²) in [5.74, 6) is -0.646. The zero-order valence-corrected chi connectivity index (χ0v) is 11.1. The van der Waals surface area contributed by atoms with Crippen LogP contribution in [-0.4, -0.2) is 41.7 Å². The molecule has 0 aromatic rings. The van der Waals surface area contributed by atoms with Crippen LogP contribution in [0.15, 0.2) is 0 Å². The number of halogens is 1. The molecule has 1 amide bonds. The number of amides is 1. The van der Waals surface area contributed by atoms with Crippen LogP contribution in [0.4, 0.5) is 4.79 Å². The Kier molecular flexibility index (Phi) is 4.62. The van der Waals surface area contributed by atoms with Crippen molar-refractivity contribution in [3.05, 3.63) is 0 Å². The molecule has 1 unspecified atom stereocenters. The van der Waals surface area contributed by atoms with Crippen molar-refractivity contribution < 1.29 is 19.1 Å². The molecule has 1 fully saturated rings. The van der Waals surface area contributed by atoms with Crippen LogP contribution in [0.5, 0.6) is 0 Å². The Morgan fingerprint density at radius 3 is 2.59 bits per heavy atom. The summed E-state index contributed by atoms with van der Waals surface area (Å²) in [5, 5.41) is 0. The van der Waals surface area contributed by atoms with Crippen molar-refractivity contribution in [1.29, 1.82) is 0 Å². The second-order valence-corrected chi connectivity index (χ2v) is 5.20. The number of hydrogen-bond donors (Lipinski definition) is 0. The Bertz CT molecular complexity index is 300. The summed E-state index contributed by atoms with van der Waals surface area (Å²) < 4.78 is 9.92. The third kappa shape index (κ3) is 4.42. The van der Waals surface area contributed by atoms with Gasteiger partial charge in [0.15, 0.2) is 6.07 Å². The predicted molar refractivity (Wildman–Crippen MR) is 62.7 cm³/mol. The maximum atomic E-state index is 11.7. The lowest BCUT2D eigenvalue weighted by Crippen LogP contribution is -2.36. The average molecular weight is 264 g/mol. The smallest absolute Gasteiger partial charge is 0.410 e. The fourth-order valence-electron chi connectivity index (χ4n) is 1.62. The molecule has 0 aromatic carbocycles. The molecule has 1 atom stereocenters. The zero-order valence-electron chi connectivity index (χ0n) is 10.4. The molecule has 0 radical (unpaired) electrons. The van der Waals surface area contributed by atoms with Crippen LogP contribution in [0.2, 0.25) is 0 Å². The SMILES string of the molecule is CC(C)(C)OC(=O)N1CCC(C(=O)OCCl)C1. The van der Waals surface area contributed by atoms with E-state index in [9.17, 15) is 9.59 Å². The highest BCUT2D eigenvalue weighted by Crippen LogP contribution is 2.20. The van der Waals surface area contributed by atoms with E-state index in [1.807, 2.05) is 0 Å². The Labute approximate surface area is 106 Å². The topological polar surface area (TPSA) is 55.8 Å². The van der Waals surface area contributed by atoms with Crippen LogP contribution in [0.25, 0.3) is 0 Å². The molecule has 1 saturated heterocycles. The van der Waals surface area contributed by atoms with Gasteiger partial charge < -0.3 is 14.4 Å². The van der Waals surface area contributed by atoms with Crippen LogP contribution >= 0.6 is 11.6 Å². The van der Waals surface area contributed by atoms with Crippen molar-refractivity contribution in [3.8, 4) is 0 Å². The lowest BCUT2D eigenvalue weighted by atomic mass is 10.1. The monoisotopic (exact) mass is 263 g/mol.